The summed E-state index contributed by atoms with van der Waals surface area (Å²) in [6, 6.07) is 5.49. The van der Waals surface area contributed by atoms with E-state index < -0.39 is 23.8 Å². The van der Waals surface area contributed by atoms with Crippen LogP contribution in [0.4, 0.5) is 4.39 Å². The molecule has 2 atom stereocenters. The van der Waals surface area contributed by atoms with Gasteiger partial charge in [-0.15, -0.1) is 5.10 Å². The second kappa shape index (κ2) is 6.99. The Morgan fingerprint density at radius 2 is 2.13 bits per heavy atom. The largest absolute Gasteiger partial charge is 0.481 e. The highest BCUT2D eigenvalue weighted by atomic mass is 19.1. The van der Waals surface area contributed by atoms with Crippen molar-refractivity contribution in [1.29, 1.82) is 0 Å². The molecular weight excluding hydrogens is 303 g/mol. The van der Waals surface area contributed by atoms with Gasteiger partial charge in [-0.25, -0.2) is 9.07 Å². The molecule has 8 heteroatoms. The Labute approximate surface area is 132 Å². The van der Waals surface area contributed by atoms with E-state index >= 15 is 0 Å². The van der Waals surface area contributed by atoms with Crippen LogP contribution in [0.3, 0.4) is 0 Å². The summed E-state index contributed by atoms with van der Waals surface area (Å²) in [7, 11) is 0. The summed E-state index contributed by atoms with van der Waals surface area (Å²) in [5.74, 6) is -2.57. The van der Waals surface area contributed by atoms with Gasteiger partial charge in [0, 0.05) is 6.04 Å². The quantitative estimate of drug-likeness (QED) is 0.836. The van der Waals surface area contributed by atoms with E-state index in [4.69, 9.17) is 5.11 Å². The van der Waals surface area contributed by atoms with Gasteiger partial charge in [0.2, 0.25) is 0 Å². The molecule has 1 amide bonds. The molecule has 0 aliphatic heterocycles. The molecule has 1 aromatic heterocycles. The summed E-state index contributed by atoms with van der Waals surface area (Å²) in [6.45, 7) is 3.39. The predicted molar refractivity (Wildman–Crippen MR) is 79.3 cm³/mol. The van der Waals surface area contributed by atoms with Crippen LogP contribution in [0.15, 0.2) is 30.5 Å². The number of nitrogens with one attached hydrogen (secondary N) is 1. The maximum absolute atomic E-state index is 13.1. The first-order chi connectivity index (χ1) is 10.9. The Morgan fingerprint density at radius 3 is 2.78 bits per heavy atom. The van der Waals surface area contributed by atoms with E-state index in [1.54, 1.807) is 19.1 Å². The summed E-state index contributed by atoms with van der Waals surface area (Å²) in [4.78, 5) is 22.9. The third-order valence-electron chi connectivity index (χ3n) is 3.50. The molecule has 0 bridgehead atoms. The minimum Gasteiger partial charge on any atom is -0.481 e. The minimum atomic E-state index is -0.993. The van der Waals surface area contributed by atoms with Crippen LogP contribution in [0.25, 0.3) is 0 Å². The van der Waals surface area contributed by atoms with Crippen LogP contribution in [0, 0.1) is 11.7 Å². The second-order valence-corrected chi connectivity index (χ2v) is 5.32. The van der Waals surface area contributed by atoms with Gasteiger partial charge in [-0.1, -0.05) is 17.3 Å². The van der Waals surface area contributed by atoms with Crippen LogP contribution in [0.1, 0.15) is 29.9 Å². The van der Waals surface area contributed by atoms with E-state index in [-0.39, 0.29) is 18.1 Å². The van der Waals surface area contributed by atoms with E-state index in [1.165, 1.54) is 29.9 Å². The van der Waals surface area contributed by atoms with Gasteiger partial charge in [0.15, 0.2) is 5.69 Å². The molecule has 2 N–H and O–H groups in total. The number of carbonyl (C=O) groups is 2. The van der Waals surface area contributed by atoms with Crippen molar-refractivity contribution in [3.05, 3.63) is 47.5 Å². The van der Waals surface area contributed by atoms with Crippen LogP contribution < -0.4 is 5.32 Å². The Balaban J connectivity index is 2.01. The van der Waals surface area contributed by atoms with Gasteiger partial charge in [0.25, 0.3) is 5.91 Å². The number of halogens is 1. The van der Waals surface area contributed by atoms with Crippen LogP contribution >= 0.6 is 0 Å². The lowest BCUT2D eigenvalue weighted by Gasteiger charge is -2.16. The van der Waals surface area contributed by atoms with E-state index in [1.807, 2.05) is 0 Å². The first kappa shape index (κ1) is 16.6. The standard InChI is InChI=1S/C15H17FN4O3/c1-9(15(22)23)10(2)17-14(21)13-8-20(19-18-13)7-11-4-3-5-12(16)6-11/h3-6,8-10H,7H2,1-2H3,(H,17,21)(H,22,23). The molecule has 0 aliphatic carbocycles. The van der Waals surface area contributed by atoms with Crippen LogP contribution in [-0.2, 0) is 11.3 Å². The topological polar surface area (TPSA) is 97.1 Å². The average molecular weight is 320 g/mol. The third-order valence-corrected chi connectivity index (χ3v) is 3.50. The lowest BCUT2D eigenvalue weighted by molar-refractivity contribution is -0.141. The summed E-state index contributed by atoms with van der Waals surface area (Å²) in [5.41, 5.74) is 0.764. The van der Waals surface area contributed by atoms with Crippen LogP contribution in [0.5, 0.6) is 0 Å². The summed E-state index contributed by atoms with van der Waals surface area (Å²) in [5, 5.41) is 19.0. The predicted octanol–water partition coefficient (Wildman–Crippen LogP) is 1.30. The molecule has 0 saturated heterocycles. The van der Waals surface area contributed by atoms with Gasteiger partial charge in [-0.05, 0) is 31.5 Å². The Bertz CT molecular complexity index is 716. The number of hydrogen-bond acceptors (Lipinski definition) is 4. The molecule has 122 valence electrons. The van der Waals surface area contributed by atoms with E-state index in [0.29, 0.717) is 5.56 Å². The fraction of sp³-hybridized carbons (Fsp3) is 0.333. The fourth-order valence-corrected chi connectivity index (χ4v) is 1.92. The van der Waals surface area contributed by atoms with E-state index in [2.05, 4.69) is 15.6 Å². The van der Waals surface area contributed by atoms with Crippen molar-refractivity contribution in [3.8, 4) is 0 Å². The maximum atomic E-state index is 13.1. The number of carboxylic acids is 1. The number of aliphatic carboxylic acids is 1. The fourth-order valence-electron chi connectivity index (χ4n) is 1.92. The summed E-state index contributed by atoms with van der Waals surface area (Å²) >= 11 is 0. The van der Waals surface area contributed by atoms with E-state index in [0.717, 1.165) is 0 Å². The van der Waals surface area contributed by atoms with Crippen molar-refractivity contribution >= 4 is 11.9 Å². The van der Waals surface area contributed by atoms with Gasteiger partial charge in [0.1, 0.15) is 5.82 Å². The minimum absolute atomic E-state index is 0.0749. The van der Waals surface area contributed by atoms with Crippen LogP contribution in [0.2, 0.25) is 0 Å². The zero-order valence-corrected chi connectivity index (χ0v) is 12.7. The lowest BCUT2D eigenvalue weighted by atomic mass is 10.0. The number of amides is 1. The molecule has 2 unspecified atom stereocenters. The Hall–Kier alpha value is -2.77. The van der Waals surface area contributed by atoms with Gasteiger partial charge < -0.3 is 10.4 Å². The monoisotopic (exact) mass is 320 g/mol. The van der Waals surface area contributed by atoms with Gasteiger partial charge >= 0.3 is 5.97 Å². The molecular formula is C15H17FN4O3. The molecule has 23 heavy (non-hydrogen) atoms. The molecule has 0 fully saturated rings. The SMILES string of the molecule is CC(NC(=O)c1cn(Cc2cccc(F)c2)nn1)C(C)C(=O)O. The molecule has 2 aromatic rings. The number of carboxylic acid groups (broad SMARTS) is 1. The van der Waals surface area contributed by atoms with E-state index in [9.17, 15) is 14.0 Å². The number of benzene rings is 1. The van der Waals surface area contributed by atoms with Gasteiger partial charge in [-0.3, -0.25) is 9.59 Å². The molecule has 1 aromatic carbocycles. The highest BCUT2D eigenvalue weighted by molar-refractivity contribution is 5.92. The first-order valence-electron chi connectivity index (χ1n) is 7.05. The van der Waals surface area contributed by atoms with Crippen LogP contribution in [-0.4, -0.2) is 38.0 Å². The van der Waals surface area contributed by atoms with Gasteiger partial charge in [-0.2, -0.15) is 0 Å². The van der Waals surface area contributed by atoms with Crippen molar-refractivity contribution in [2.75, 3.05) is 0 Å². The summed E-state index contributed by atoms with van der Waals surface area (Å²) < 4.78 is 14.5. The Morgan fingerprint density at radius 1 is 1.39 bits per heavy atom. The molecule has 0 aliphatic rings. The molecule has 7 nitrogen and oxygen atoms in total. The zero-order chi connectivity index (χ0) is 17.0. The molecule has 0 saturated carbocycles. The lowest BCUT2D eigenvalue weighted by Crippen LogP contribution is -2.40. The summed E-state index contributed by atoms with van der Waals surface area (Å²) in [6.07, 6.45) is 1.43. The van der Waals surface area contributed by atoms with Crippen molar-refractivity contribution in [1.82, 2.24) is 20.3 Å². The second-order valence-electron chi connectivity index (χ2n) is 5.32. The number of nitrogens with zero attached hydrogens (tertiary/aromatic N) is 3. The third kappa shape index (κ3) is 4.35. The Kier molecular flexibility index (Phi) is 5.05. The zero-order valence-electron chi connectivity index (χ0n) is 12.7. The highest BCUT2D eigenvalue weighted by Crippen LogP contribution is 2.07. The number of rotatable bonds is 6. The van der Waals surface area contributed by atoms with Crippen molar-refractivity contribution < 1.29 is 19.1 Å². The normalized spacial score (nSPS) is 13.3. The number of aromatic nitrogens is 3. The molecule has 1 heterocycles. The van der Waals surface area contributed by atoms with Gasteiger partial charge in [0.05, 0.1) is 18.7 Å². The average Bonchev–Trinajstić information content (AvgIpc) is 2.94. The molecule has 2 rings (SSSR count). The smallest absolute Gasteiger partial charge is 0.308 e. The first-order valence-corrected chi connectivity index (χ1v) is 7.05. The number of carbonyl (C=O) groups excluding carboxylic acids is 1. The van der Waals surface area contributed by atoms with Crippen molar-refractivity contribution in [2.45, 2.75) is 26.4 Å². The molecule has 0 radical (unpaired) electrons. The van der Waals surface area contributed by atoms with Crippen molar-refractivity contribution in [2.24, 2.45) is 5.92 Å². The molecule has 0 spiro atoms. The van der Waals surface area contributed by atoms with Crippen molar-refractivity contribution in [3.63, 3.8) is 0 Å². The highest BCUT2D eigenvalue weighted by Gasteiger charge is 2.22. The maximum Gasteiger partial charge on any atom is 0.308 e. The number of hydrogen-bond donors (Lipinski definition) is 2.